The first-order valence-electron chi connectivity index (χ1n) is 17.9. The number of hydrogen-bond donors (Lipinski definition) is 0. The van der Waals surface area contributed by atoms with Crippen LogP contribution in [0.25, 0.3) is 37.7 Å². The second-order valence-corrected chi connectivity index (χ2v) is 14.9. The maximum atomic E-state index is 14.3. The minimum Gasteiger partial charge on any atom is -0.665 e. The van der Waals surface area contributed by atoms with E-state index in [4.69, 9.17) is 36.0 Å². The van der Waals surface area contributed by atoms with Crippen LogP contribution in [0.1, 0.15) is 16.8 Å². The SMILES string of the molecule is Cc1c(-c2c(-c3ccc(F)o3)sc3ncnc(O[C@H](Cc4ccccc4OCc4ccnn4CC(F)(F)F)C([NH-])=O)c23)ccc(OCCN2CCN(C)CC2)c1Cl.[Re]. The van der Waals surface area contributed by atoms with Crippen molar-refractivity contribution >= 4 is 39.1 Å². The number of carbonyl (C=O) groups is 1. The molecular formula is C39H37ClF4N7O5ReS-. The topological polar surface area (TPSA) is 132 Å². The standard InChI is InChI=1S/C39H38ClF4N7O5S.Re/c1-23-26(7-8-28(34(23)40)53-18-17-50-15-13-49(2)14-16-50)32-33-37(46-22-47-38(33)57-35(32)29-9-10-31(41)55-29)56-30(36(45)52)19-24-5-3-4-6-27(24)54-20-25-11-12-48-51(25)21-39(42,43)44;/h3-12,22,30H,13-21H2,1-2H3,(H2,45,52);/p-1/t30-;/m1./s1. The Kier molecular flexibility index (Phi) is 13.8. The Hall–Kier alpha value is -4.57. The Morgan fingerprint density at radius 2 is 1.81 bits per heavy atom. The van der Waals surface area contributed by atoms with Gasteiger partial charge in [0.1, 0.15) is 54.3 Å². The van der Waals surface area contributed by atoms with E-state index in [0.29, 0.717) is 54.7 Å². The Morgan fingerprint density at radius 3 is 2.53 bits per heavy atom. The molecule has 2 aromatic carbocycles. The number of alkyl halides is 3. The van der Waals surface area contributed by atoms with E-state index in [-0.39, 0.29) is 56.5 Å². The van der Waals surface area contributed by atoms with Gasteiger partial charge < -0.3 is 34.1 Å². The van der Waals surface area contributed by atoms with Crippen molar-refractivity contribution in [1.29, 1.82) is 0 Å². The van der Waals surface area contributed by atoms with Crippen LogP contribution < -0.4 is 14.2 Å². The van der Waals surface area contributed by atoms with Gasteiger partial charge in [0.2, 0.25) is 5.88 Å². The maximum Gasteiger partial charge on any atom is 0.408 e. The van der Waals surface area contributed by atoms with Gasteiger partial charge in [0.15, 0.2) is 0 Å². The molecule has 1 amide bonds. The first kappa shape index (κ1) is 43.0. The van der Waals surface area contributed by atoms with Gasteiger partial charge in [-0.15, -0.1) is 11.3 Å². The minimum absolute atomic E-state index is 0. The molecular weight excluding hydrogens is 976 g/mol. The van der Waals surface area contributed by atoms with E-state index in [1.165, 1.54) is 42.1 Å². The molecule has 6 aromatic rings. The van der Waals surface area contributed by atoms with Crippen molar-refractivity contribution in [1.82, 2.24) is 29.5 Å². The van der Waals surface area contributed by atoms with Crippen LogP contribution in [0.3, 0.4) is 0 Å². The summed E-state index contributed by atoms with van der Waals surface area (Å²) in [6.45, 7) is 5.37. The zero-order chi connectivity index (χ0) is 40.3. The number of aromatic nitrogens is 4. The van der Waals surface area contributed by atoms with Gasteiger partial charge in [0, 0.05) is 77.4 Å². The van der Waals surface area contributed by atoms with Crippen LogP contribution in [0.4, 0.5) is 17.6 Å². The van der Waals surface area contributed by atoms with Gasteiger partial charge in [-0.2, -0.15) is 22.7 Å². The number of amides is 1. The number of hydrogen-bond acceptors (Lipinski definition) is 11. The van der Waals surface area contributed by atoms with E-state index in [2.05, 4.69) is 31.9 Å². The van der Waals surface area contributed by atoms with Crippen LogP contribution >= 0.6 is 22.9 Å². The molecule has 1 aliphatic rings. The van der Waals surface area contributed by atoms with Gasteiger partial charge in [-0.1, -0.05) is 35.9 Å². The zero-order valence-corrected chi connectivity index (χ0v) is 35.5. The van der Waals surface area contributed by atoms with Crippen LogP contribution in [0.2, 0.25) is 5.02 Å². The fourth-order valence-electron chi connectivity index (χ4n) is 6.54. The molecule has 307 valence electrons. The third-order valence-electron chi connectivity index (χ3n) is 9.57. The van der Waals surface area contributed by atoms with E-state index >= 15 is 0 Å². The molecule has 1 saturated heterocycles. The Labute approximate surface area is 353 Å². The molecule has 0 saturated carbocycles. The molecule has 7 rings (SSSR count). The average molecular weight is 1010 g/mol. The van der Waals surface area contributed by atoms with Crippen molar-refractivity contribution in [3.63, 3.8) is 0 Å². The number of piperazine rings is 1. The fraction of sp³-hybridized carbons (Fsp3) is 0.333. The summed E-state index contributed by atoms with van der Waals surface area (Å²) < 4.78 is 78.1. The molecule has 1 radical (unpaired) electrons. The van der Waals surface area contributed by atoms with Crippen LogP contribution in [0, 0.1) is 12.9 Å². The number of para-hydroxylation sites is 1. The zero-order valence-electron chi connectivity index (χ0n) is 31.2. The molecule has 19 heteroatoms. The summed E-state index contributed by atoms with van der Waals surface area (Å²) in [4.78, 5) is 27.3. The molecule has 0 aliphatic carbocycles. The Balaban J connectivity index is 0.00000567. The van der Waals surface area contributed by atoms with Crippen molar-refractivity contribution in [2.75, 3.05) is 46.4 Å². The largest absolute Gasteiger partial charge is 0.665 e. The van der Waals surface area contributed by atoms with Gasteiger partial charge >= 0.3 is 6.18 Å². The molecule has 0 unspecified atom stereocenters. The first-order chi connectivity index (χ1) is 27.3. The molecule has 1 fully saturated rings. The van der Waals surface area contributed by atoms with Crippen LogP contribution in [-0.2, 0) is 44.8 Å². The summed E-state index contributed by atoms with van der Waals surface area (Å²) in [5, 5.41) is 4.50. The van der Waals surface area contributed by atoms with Crippen molar-refractivity contribution in [3.8, 4) is 39.1 Å². The number of rotatable bonds is 15. The number of nitrogens with zero attached hydrogens (tertiary/aromatic N) is 6. The molecule has 0 spiro atoms. The summed E-state index contributed by atoms with van der Waals surface area (Å²) in [5.74, 6) is -0.102. The van der Waals surface area contributed by atoms with Gasteiger partial charge in [-0.3, -0.25) is 9.58 Å². The molecule has 0 bridgehead atoms. The number of thiophene rings is 1. The van der Waals surface area contributed by atoms with Crippen LogP contribution in [-0.4, -0.2) is 94.1 Å². The second kappa shape index (κ2) is 18.6. The van der Waals surface area contributed by atoms with Gasteiger partial charge in [-0.05, 0) is 54.9 Å². The van der Waals surface area contributed by atoms with Crippen molar-refractivity contribution in [2.45, 2.75) is 38.8 Å². The maximum absolute atomic E-state index is 14.3. The minimum atomic E-state index is -4.48. The smallest absolute Gasteiger partial charge is 0.408 e. The van der Waals surface area contributed by atoms with E-state index in [9.17, 15) is 22.4 Å². The Bertz CT molecular complexity index is 2370. The van der Waals surface area contributed by atoms with E-state index < -0.39 is 30.7 Å². The molecule has 1 N–H and O–H groups in total. The quantitative estimate of drug-likeness (QED) is 0.0928. The summed E-state index contributed by atoms with van der Waals surface area (Å²) >= 11 is 8.15. The summed E-state index contributed by atoms with van der Waals surface area (Å²) in [6.07, 6.45) is -3.51. The number of carbonyl (C=O) groups excluding carboxylic acids is 1. The third kappa shape index (κ3) is 9.99. The summed E-state index contributed by atoms with van der Waals surface area (Å²) in [7, 11) is 2.10. The number of benzene rings is 2. The number of furan rings is 1. The first-order valence-corrected chi connectivity index (χ1v) is 19.1. The van der Waals surface area contributed by atoms with Crippen LogP contribution in [0.15, 0.2) is 71.5 Å². The summed E-state index contributed by atoms with van der Waals surface area (Å²) in [5.41, 5.74) is 10.6. The number of halogens is 5. The van der Waals surface area contributed by atoms with Gasteiger partial charge in [-0.25, -0.2) is 9.97 Å². The normalized spacial score (nSPS) is 14.3. The average Bonchev–Trinajstić information content (AvgIpc) is 3.91. The van der Waals surface area contributed by atoms with E-state index in [1.807, 2.05) is 13.0 Å². The number of nitrogens with one attached hydrogen (secondary N) is 1. The van der Waals surface area contributed by atoms with Crippen molar-refractivity contribution in [3.05, 3.63) is 101 Å². The van der Waals surface area contributed by atoms with E-state index in [0.717, 1.165) is 37.4 Å². The third-order valence-corrected chi connectivity index (χ3v) is 11.1. The van der Waals surface area contributed by atoms with E-state index in [1.54, 1.807) is 30.3 Å². The number of fused-ring (bicyclic) bond motifs is 1. The molecule has 4 aromatic heterocycles. The molecule has 12 nitrogen and oxygen atoms in total. The molecule has 5 heterocycles. The second-order valence-electron chi connectivity index (χ2n) is 13.5. The van der Waals surface area contributed by atoms with Gasteiger partial charge in [0.05, 0.1) is 26.9 Å². The number of ether oxygens (including phenoxy) is 3. The molecule has 1 aliphatic heterocycles. The van der Waals surface area contributed by atoms with Crippen molar-refractivity contribution < 1.29 is 61.4 Å². The predicted octanol–water partition coefficient (Wildman–Crippen LogP) is 8.25. The van der Waals surface area contributed by atoms with Gasteiger partial charge in [0.25, 0.3) is 6.01 Å². The predicted molar refractivity (Wildman–Crippen MR) is 206 cm³/mol. The monoisotopic (exact) mass is 1010 g/mol. The Morgan fingerprint density at radius 1 is 1.03 bits per heavy atom. The van der Waals surface area contributed by atoms with Crippen LogP contribution in [0.5, 0.6) is 17.4 Å². The molecule has 1 atom stereocenters. The fourth-order valence-corrected chi connectivity index (χ4v) is 7.87. The number of likely N-dealkylation sites (N-methyl/N-ethyl adjacent to an activating group) is 1. The summed E-state index contributed by atoms with van der Waals surface area (Å²) in [6, 6.07) is 13.5. The van der Waals surface area contributed by atoms with Crippen molar-refractivity contribution in [2.24, 2.45) is 0 Å². The molecule has 58 heavy (non-hydrogen) atoms.